The van der Waals surface area contributed by atoms with Crippen LogP contribution in [-0.2, 0) is 45.5 Å². The smallest absolute Gasteiger partial charge is 0.235 e. The van der Waals surface area contributed by atoms with E-state index in [9.17, 15) is 28.1 Å². The summed E-state index contributed by atoms with van der Waals surface area (Å²) in [4.78, 5) is 40.0. The fourth-order valence-electron chi connectivity index (χ4n) is 11.9. The Hall–Kier alpha value is -13.0. The van der Waals surface area contributed by atoms with Gasteiger partial charge in [-0.2, -0.15) is 20.8 Å². The van der Waals surface area contributed by atoms with E-state index in [0.717, 1.165) is 98.1 Å². The first-order chi connectivity index (χ1) is 54.2. The van der Waals surface area contributed by atoms with Gasteiger partial charge >= 0.3 is 0 Å². The van der Waals surface area contributed by atoms with E-state index < -0.39 is 15.6 Å². The molecule has 3 N–H and O–H groups in total. The van der Waals surface area contributed by atoms with Crippen molar-refractivity contribution in [2.75, 3.05) is 47.0 Å². The third-order valence-electron chi connectivity index (χ3n) is 18.1. The predicted molar refractivity (Wildman–Crippen MR) is 440 cm³/mol. The number of rotatable bonds is 8. The molecule has 0 saturated carbocycles. The van der Waals surface area contributed by atoms with Gasteiger partial charge in [-0.25, -0.2) is 8.42 Å². The second kappa shape index (κ2) is 41.5. The number of nitrogen functional groups attached to an aromatic ring is 1. The normalized spacial score (nSPS) is 15.3. The Morgan fingerprint density at radius 2 is 1.10 bits per heavy atom. The zero-order valence-corrected chi connectivity index (χ0v) is 64.8. The molecule has 2 amide bonds. The van der Waals surface area contributed by atoms with Crippen LogP contribution in [0, 0.1) is 47.8 Å². The maximum Gasteiger partial charge on any atom is 0.235 e. The molecule has 7 heterocycles. The molecule has 1 atom stereocenters. The van der Waals surface area contributed by atoms with E-state index in [-0.39, 0.29) is 40.6 Å². The van der Waals surface area contributed by atoms with Crippen molar-refractivity contribution in [1.29, 1.82) is 15.8 Å². The molecular formula is C90H88N12O8S2. The number of hydrogen-bond donors (Lipinski definition) is 2. The lowest BCUT2D eigenvalue weighted by molar-refractivity contribution is -0.123. The standard InChI is InChI=1S/C12H13NO.C11H11NO2.C11H7N.C10H11NO.C10H11N.2C9H8N2O.C9H8N2S.C9H11NO2S/c13-10-12(6-8-14-9-7-12)11-4-2-1-3-5-11;1-11(8-5-3-2-4-6-8)9(13)7-10(14)12-11;12-8-9-5-6-10-3-1-2-4-11(10)7-9;12-10-7-4-8-11(10)9-5-2-1-3-6-9;1-10(2,8-11)9-6-4-3-5-7-9;1-7-10-9(11-12-7)8-5-3-2-4-6-8;10-9-6-8(11-12-9)7-4-2-1-3-5-7;1-7-10-11-9(12-7)8-5-3-2-4-6-8;11-13(12)8-4-7-10(13)9-5-2-1-3-6-9/h1-5H,6-9H2;2-6H,7H2,1H3,(H,12,14);1-7H;1-3,5-6H,4,7-8H2;3-7H,1-2H3;2-6H,1H3;1-6H,10H2;2-6H,1H3;1-3,5-6H,4,7-8H2. The first kappa shape index (κ1) is 83.0. The zero-order chi connectivity index (χ0) is 79.6. The van der Waals surface area contributed by atoms with Crippen LogP contribution in [0.5, 0.6) is 0 Å². The summed E-state index contributed by atoms with van der Waals surface area (Å²) in [6.45, 7) is 12.2. The van der Waals surface area contributed by atoms with E-state index in [1.54, 1.807) is 31.3 Å². The van der Waals surface area contributed by atoms with Gasteiger partial charge in [-0.05, 0) is 117 Å². The van der Waals surface area contributed by atoms with Crippen molar-refractivity contribution in [3.63, 3.8) is 0 Å². The average molecular weight is 1530 g/mol. The Kier molecular flexibility index (Phi) is 30.8. The van der Waals surface area contributed by atoms with Crippen molar-refractivity contribution in [3.8, 4) is 51.4 Å². The number of aromatic nitrogens is 5. The van der Waals surface area contributed by atoms with Gasteiger partial charge in [-0.15, -0.1) is 10.2 Å². The van der Waals surface area contributed by atoms with E-state index in [0.29, 0.717) is 49.3 Å². The van der Waals surface area contributed by atoms with Gasteiger partial charge in [0, 0.05) is 68.1 Å². The molecule has 3 aromatic heterocycles. The molecule has 20 nitrogen and oxygen atoms in total. The molecule has 4 fully saturated rings. The van der Waals surface area contributed by atoms with Gasteiger partial charge in [0.2, 0.25) is 39.4 Å². The van der Waals surface area contributed by atoms with E-state index in [2.05, 4.69) is 49.0 Å². The molecule has 4 saturated heterocycles. The Balaban J connectivity index is 0.000000145. The minimum Gasteiger partial charge on any atom is -0.381 e. The zero-order valence-electron chi connectivity index (χ0n) is 63.1. The van der Waals surface area contributed by atoms with Gasteiger partial charge in [0.1, 0.15) is 21.2 Å². The summed E-state index contributed by atoms with van der Waals surface area (Å²) in [6.07, 6.45) is 4.05. The SMILES string of the molecule is CC(C)(C#N)c1ccccc1.CC1(c2ccccc2)NC(=O)CC1=O.Cc1nc(-c2ccccc2)no1.Cc1nnc(-c2ccccc2)s1.N#CC1(c2ccccc2)CCOCC1.N#Cc1ccc2ccccc2c1.Nc1cc(-c2ccccc2)no1.O=C1CCCN1c1ccccc1.O=S1(=O)CCCN1c1ccccc1. The Morgan fingerprint density at radius 1 is 0.571 bits per heavy atom. The number of nitriles is 3. The minimum atomic E-state index is -3.01. The molecule has 568 valence electrons. The number of ketones is 1. The molecular weight excluding hydrogens is 1440 g/mol. The molecule has 0 bridgehead atoms. The number of sulfonamides is 1. The number of nitrogens with two attached hydrogens (primary N) is 1. The summed E-state index contributed by atoms with van der Waals surface area (Å²) in [6, 6.07) is 100. The number of para-hydroxylation sites is 2. The molecule has 4 aliphatic heterocycles. The fraction of sp³-hybridized carbons (Fsp3) is 0.211. The number of carbonyl (C=O) groups excluding carboxylic acids is 3. The molecule has 10 aromatic carbocycles. The summed E-state index contributed by atoms with van der Waals surface area (Å²) in [5.41, 5.74) is 13.4. The monoisotopic (exact) mass is 1530 g/mol. The van der Waals surface area contributed by atoms with Gasteiger partial charge in [-0.3, -0.25) is 18.7 Å². The van der Waals surface area contributed by atoms with Crippen LogP contribution in [0.1, 0.15) is 92.4 Å². The van der Waals surface area contributed by atoms with Crippen molar-refractivity contribution in [2.45, 2.75) is 89.5 Å². The predicted octanol–water partition coefficient (Wildman–Crippen LogP) is 18.0. The van der Waals surface area contributed by atoms with Crippen LogP contribution in [0.4, 0.5) is 17.3 Å². The molecule has 1 unspecified atom stereocenters. The molecule has 0 spiro atoms. The van der Waals surface area contributed by atoms with Crippen molar-refractivity contribution < 1.29 is 36.6 Å². The summed E-state index contributed by atoms with van der Waals surface area (Å²) in [7, 11) is -3.01. The van der Waals surface area contributed by atoms with Crippen LogP contribution in [0.15, 0.2) is 300 Å². The number of anilines is 3. The van der Waals surface area contributed by atoms with Gasteiger partial charge in [0.25, 0.3) is 0 Å². The Labute approximate surface area is 658 Å². The number of nitrogens with zero attached hydrogens (tertiary/aromatic N) is 10. The van der Waals surface area contributed by atoms with Crippen LogP contribution in [0.3, 0.4) is 0 Å². The number of Topliss-reactive ketones (excluding diaryl/α,β-unsaturated/α-hetero) is 1. The molecule has 0 radical (unpaired) electrons. The van der Waals surface area contributed by atoms with E-state index in [4.69, 9.17) is 30.0 Å². The highest BCUT2D eigenvalue weighted by Gasteiger charge is 2.43. The van der Waals surface area contributed by atoms with Crippen molar-refractivity contribution >= 4 is 67.0 Å². The third kappa shape index (κ3) is 24.2. The minimum absolute atomic E-state index is 0.00854. The fourth-order valence-corrected chi connectivity index (χ4v) is 14.2. The highest BCUT2D eigenvalue weighted by molar-refractivity contribution is 7.93. The summed E-state index contributed by atoms with van der Waals surface area (Å²) < 4.78 is 39.4. The molecule has 17 rings (SSSR count). The largest absolute Gasteiger partial charge is 0.381 e. The molecule has 112 heavy (non-hydrogen) atoms. The number of aryl methyl sites for hydroxylation is 2. The van der Waals surface area contributed by atoms with Gasteiger partial charge in [-0.1, -0.05) is 270 Å². The first-order valence-electron chi connectivity index (χ1n) is 36.4. The van der Waals surface area contributed by atoms with Gasteiger partial charge in [0.15, 0.2) is 5.78 Å². The highest BCUT2D eigenvalue weighted by Crippen LogP contribution is 2.34. The van der Waals surface area contributed by atoms with Crippen molar-refractivity contribution in [2.24, 2.45) is 0 Å². The van der Waals surface area contributed by atoms with E-state index in [1.165, 1.54) is 9.69 Å². The quantitative estimate of drug-likeness (QED) is 0.134. The van der Waals surface area contributed by atoms with Gasteiger partial charge < -0.3 is 29.7 Å². The summed E-state index contributed by atoms with van der Waals surface area (Å²) in [5.74, 6) is 1.86. The molecule has 4 aliphatic rings. The topological polar surface area (TPSA) is 301 Å². The highest BCUT2D eigenvalue weighted by atomic mass is 32.2. The first-order valence-corrected chi connectivity index (χ1v) is 38.9. The Morgan fingerprint density at radius 3 is 1.57 bits per heavy atom. The van der Waals surface area contributed by atoms with E-state index >= 15 is 0 Å². The van der Waals surface area contributed by atoms with Crippen LogP contribution >= 0.6 is 11.3 Å². The van der Waals surface area contributed by atoms with Crippen LogP contribution < -0.4 is 20.3 Å². The second-order valence-electron chi connectivity index (χ2n) is 26.6. The second-order valence-corrected chi connectivity index (χ2v) is 29.8. The lowest BCUT2D eigenvalue weighted by atomic mass is 9.76. The van der Waals surface area contributed by atoms with Crippen molar-refractivity contribution in [1.82, 2.24) is 30.8 Å². The number of fused-ring (bicyclic) bond motifs is 1. The molecule has 13 aromatic rings. The number of carbonyl (C=O) groups is 3. The van der Waals surface area contributed by atoms with Gasteiger partial charge in [0.05, 0.1) is 52.5 Å². The number of benzene rings is 10. The summed E-state index contributed by atoms with van der Waals surface area (Å²) >= 11 is 1.62. The van der Waals surface area contributed by atoms with Crippen LogP contribution in [-0.4, -0.2) is 83.6 Å². The number of ether oxygens (including phenoxy) is 1. The molecule has 0 aliphatic carbocycles. The maximum atomic E-state index is 11.6. The van der Waals surface area contributed by atoms with Crippen LogP contribution in [0.2, 0.25) is 0 Å². The van der Waals surface area contributed by atoms with Crippen molar-refractivity contribution in [3.05, 3.63) is 324 Å². The number of hydrogen-bond acceptors (Lipinski definition) is 18. The lowest BCUT2D eigenvalue weighted by Crippen LogP contribution is -2.40. The third-order valence-corrected chi connectivity index (χ3v) is 20.9. The van der Waals surface area contributed by atoms with Crippen LogP contribution in [0.25, 0.3) is 44.0 Å². The Bertz CT molecular complexity index is 5150. The molecule has 22 heteroatoms. The summed E-state index contributed by atoms with van der Waals surface area (Å²) in [5, 5.41) is 49.3. The number of amides is 2. The maximum absolute atomic E-state index is 11.6. The lowest BCUT2D eigenvalue weighted by Gasteiger charge is -2.30. The van der Waals surface area contributed by atoms with E-state index in [1.807, 2.05) is 311 Å². The average Bonchev–Trinajstić information content (AvgIpc) is 1.58. The number of nitrogens with one attached hydrogen (secondary N) is 1.